The van der Waals surface area contributed by atoms with Gasteiger partial charge in [-0.05, 0) is 23.7 Å². The Bertz CT molecular complexity index is 608. The summed E-state index contributed by atoms with van der Waals surface area (Å²) in [5.41, 5.74) is 1.10. The Morgan fingerprint density at radius 3 is 2.44 bits per heavy atom. The molecule has 2 rings (SSSR count). The normalized spacial score (nSPS) is 28.4. The zero-order valence-electron chi connectivity index (χ0n) is 17.6. The van der Waals surface area contributed by atoms with Crippen LogP contribution in [0.5, 0.6) is 0 Å². The van der Waals surface area contributed by atoms with Crippen molar-refractivity contribution in [1.29, 1.82) is 0 Å². The fourth-order valence-corrected chi connectivity index (χ4v) is 4.41. The summed E-state index contributed by atoms with van der Waals surface area (Å²) in [6, 6.07) is 10.1. The topological polar surface area (TPSA) is 58.9 Å². The van der Waals surface area contributed by atoms with Crippen molar-refractivity contribution >= 4 is 14.4 Å². The number of aliphatic hydroxyl groups is 2. The molecule has 1 saturated heterocycles. The van der Waals surface area contributed by atoms with Crippen LogP contribution in [0.3, 0.4) is 0 Å². The average Bonchev–Trinajstić information content (AvgIpc) is 2.60. The third kappa shape index (κ3) is 5.75. The van der Waals surface area contributed by atoms with Gasteiger partial charge in [0.2, 0.25) is 0 Å². The van der Waals surface area contributed by atoms with Crippen molar-refractivity contribution in [3.05, 3.63) is 42.0 Å². The maximum Gasteiger partial charge on any atom is 0.192 e. The fourth-order valence-electron chi connectivity index (χ4n) is 3.07. The first-order valence-electron chi connectivity index (χ1n) is 9.90. The molecule has 1 aliphatic heterocycles. The highest BCUT2D eigenvalue weighted by Crippen LogP contribution is 2.39. The predicted molar refractivity (Wildman–Crippen MR) is 113 cm³/mol. The van der Waals surface area contributed by atoms with Gasteiger partial charge in [0.15, 0.2) is 8.32 Å². The Hall–Kier alpha value is -0.983. The monoisotopic (exact) mass is 392 g/mol. The molecule has 1 aromatic carbocycles. The van der Waals surface area contributed by atoms with Gasteiger partial charge in [0.1, 0.15) is 0 Å². The molecule has 152 valence electrons. The largest absolute Gasteiger partial charge is 0.409 e. The van der Waals surface area contributed by atoms with Crippen LogP contribution in [-0.2, 0) is 9.16 Å². The standard InChI is InChI=1S/C22H36O4Si/c1-16-18(24)14-20(21(15-23)26-27(5,6)22(2,3)4)25-19(16)13-12-17-10-8-7-9-11-17/h7-13,16,18-21,23-24H,14-15H2,1-6H3/b13-12+/t16-,18?,19+,20-,21-/m1/s1. The Balaban J connectivity index is 2.13. The SMILES string of the molecule is C[C@@H]1C(O)C[C@H]([C@@H](CO)O[Si](C)(C)C(C)(C)C)O[C@H]1/C=C/c1ccccc1. The minimum Gasteiger partial charge on any atom is -0.409 e. The van der Waals surface area contributed by atoms with Crippen molar-refractivity contribution < 1.29 is 19.4 Å². The first-order chi connectivity index (χ1) is 12.5. The average molecular weight is 393 g/mol. The van der Waals surface area contributed by atoms with Gasteiger partial charge in [0.05, 0.1) is 31.0 Å². The maximum atomic E-state index is 10.6. The molecule has 5 atom stereocenters. The highest BCUT2D eigenvalue weighted by molar-refractivity contribution is 6.74. The molecule has 0 spiro atoms. The molecular formula is C22H36O4Si. The minimum absolute atomic E-state index is 0.00609. The number of hydrogen-bond acceptors (Lipinski definition) is 4. The number of hydrogen-bond donors (Lipinski definition) is 2. The van der Waals surface area contributed by atoms with Crippen LogP contribution in [0.1, 0.15) is 39.7 Å². The van der Waals surface area contributed by atoms with E-state index in [1.807, 2.05) is 49.4 Å². The van der Waals surface area contributed by atoms with Gasteiger partial charge in [-0.25, -0.2) is 0 Å². The van der Waals surface area contributed by atoms with E-state index in [2.05, 4.69) is 33.9 Å². The molecule has 2 N–H and O–H groups in total. The summed E-state index contributed by atoms with van der Waals surface area (Å²) < 4.78 is 12.7. The van der Waals surface area contributed by atoms with E-state index in [1.165, 1.54) is 0 Å². The zero-order chi connectivity index (χ0) is 20.2. The van der Waals surface area contributed by atoms with Crippen LogP contribution in [0, 0.1) is 5.92 Å². The molecule has 0 amide bonds. The van der Waals surface area contributed by atoms with Gasteiger partial charge in [-0.1, -0.05) is 70.2 Å². The number of aliphatic hydroxyl groups excluding tert-OH is 2. The zero-order valence-corrected chi connectivity index (χ0v) is 18.6. The third-order valence-electron chi connectivity index (χ3n) is 6.06. The third-order valence-corrected chi connectivity index (χ3v) is 10.6. The maximum absolute atomic E-state index is 10.6. The van der Waals surface area contributed by atoms with Crippen LogP contribution >= 0.6 is 0 Å². The summed E-state index contributed by atoms with van der Waals surface area (Å²) in [7, 11) is -2.04. The molecule has 1 aromatic rings. The smallest absolute Gasteiger partial charge is 0.192 e. The Kier molecular flexibility index (Phi) is 7.45. The number of rotatable bonds is 6. The van der Waals surface area contributed by atoms with Crippen LogP contribution in [0.25, 0.3) is 6.08 Å². The molecule has 1 aliphatic rings. The molecule has 0 bridgehead atoms. The van der Waals surface area contributed by atoms with E-state index in [4.69, 9.17) is 9.16 Å². The predicted octanol–water partition coefficient (Wildman–Crippen LogP) is 4.24. The summed E-state index contributed by atoms with van der Waals surface area (Å²) in [6.45, 7) is 12.8. The summed E-state index contributed by atoms with van der Waals surface area (Å²) in [6.07, 6.45) is 3.09. The van der Waals surface area contributed by atoms with Gasteiger partial charge in [0, 0.05) is 12.3 Å². The van der Waals surface area contributed by atoms with E-state index >= 15 is 0 Å². The van der Waals surface area contributed by atoms with E-state index in [1.54, 1.807) is 0 Å². The Morgan fingerprint density at radius 2 is 1.89 bits per heavy atom. The molecular weight excluding hydrogens is 356 g/mol. The van der Waals surface area contributed by atoms with Crippen molar-refractivity contribution in [2.45, 2.75) is 76.7 Å². The highest BCUT2D eigenvalue weighted by atomic mass is 28.4. The van der Waals surface area contributed by atoms with Crippen LogP contribution in [0.15, 0.2) is 36.4 Å². The Labute approximate surface area is 165 Å². The second kappa shape index (κ2) is 9.01. The van der Waals surface area contributed by atoms with Gasteiger partial charge in [-0.15, -0.1) is 0 Å². The second-order valence-corrected chi connectivity index (χ2v) is 13.9. The van der Waals surface area contributed by atoms with E-state index in [-0.39, 0.29) is 29.8 Å². The lowest BCUT2D eigenvalue weighted by Crippen LogP contribution is -2.53. The van der Waals surface area contributed by atoms with Crippen LogP contribution in [0.4, 0.5) is 0 Å². The quantitative estimate of drug-likeness (QED) is 0.711. The van der Waals surface area contributed by atoms with Crippen LogP contribution in [-0.4, -0.2) is 49.6 Å². The van der Waals surface area contributed by atoms with Crippen molar-refractivity contribution in [3.63, 3.8) is 0 Å². The van der Waals surface area contributed by atoms with Crippen molar-refractivity contribution in [2.24, 2.45) is 5.92 Å². The summed E-state index contributed by atoms with van der Waals surface area (Å²) in [4.78, 5) is 0. The molecule has 1 heterocycles. The lowest BCUT2D eigenvalue weighted by molar-refractivity contribution is -0.151. The molecule has 5 heteroatoms. The lowest BCUT2D eigenvalue weighted by atomic mass is 9.88. The van der Waals surface area contributed by atoms with E-state index in [9.17, 15) is 10.2 Å². The fraction of sp³-hybridized carbons (Fsp3) is 0.636. The van der Waals surface area contributed by atoms with Crippen molar-refractivity contribution in [1.82, 2.24) is 0 Å². The molecule has 0 aromatic heterocycles. The van der Waals surface area contributed by atoms with Crippen molar-refractivity contribution in [2.75, 3.05) is 6.61 Å². The van der Waals surface area contributed by atoms with Gasteiger partial charge in [-0.2, -0.15) is 0 Å². The van der Waals surface area contributed by atoms with E-state index in [0.717, 1.165) is 5.56 Å². The van der Waals surface area contributed by atoms with E-state index < -0.39 is 20.5 Å². The van der Waals surface area contributed by atoms with Gasteiger partial charge >= 0.3 is 0 Å². The summed E-state index contributed by atoms with van der Waals surface area (Å²) >= 11 is 0. The van der Waals surface area contributed by atoms with Gasteiger partial charge in [-0.3, -0.25) is 0 Å². The number of benzene rings is 1. The first kappa shape index (κ1) is 22.3. The molecule has 0 radical (unpaired) electrons. The molecule has 1 unspecified atom stereocenters. The minimum atomic E-state index is -2.04. The molecule has 0 aliphatic carbocycles. The second-order valence-electron chi connectivity index (χ2n) is 9.17. The first-order valence-corrected chi connectivity index (χ1v) is 12.8. The van der Waals surface area contributed by atoms with Crippen molar-refractivity contribution in [3.8, 4) is 0 Å². The molecule has 4 nitrogen and oxygen atoms in total. The highest BCUT2D eigenvalue weighted by Gasteiger charge is 2.43. The molecule has 1 fully saturated rings. The summed E-state index contributed by atoms with van der Waals surface area (Å²) in [5.74, 6) is -0.00609. The van der Waals surface area contributed by atoms with E-state index in [0.29, 0.717) is 6.42 Å². The van der Waals surface area contributed by atoms with Gasteiger partial charge < -0.3 is 19.4 Å². The Morgan fingerprint density at radius 1 is 1.26 bits per heavy atom. The molecule has 0 saturated carbocycles. The van der Waals surface area contributed by atoms with Crippen LogP contribution in [0.2, 0.25) is 18.1 Å². The molecule has 27 heavy (non-hydrogen) atoms. The lowest BCUT2D eigenvalue weighted by Gasteiger charge is -2.44. The number of ether oxygens (including phenoxy) is 1. The summed E-state index contributed by atoms with van der Waals surface area (Å²) in [5, 5.41) is 20.6. The van der Waals surface area contributed by atoms with Gasteiger partial charge in [0.25, 0.3) is 0 Å². The van der Waals surface area contributed by atoms with Crippen LogP contribution < -0.4 is 0 Å².